The normalized spacial score (nSPS) is 31.0. The van der Waals surface area contributed by atoms with Gasteiger partial charge in [-0.3, -0.25) is 14.5 Å². The van der Waals surface area contributed by atoms with Crippen molar-refractivity contribution in [2.45, 2.75) is 44.2 Å². The molecule has 1 aliphatic carbocycles. The molecule has 100 valence electrons. The zero-order valence-electron chi connectivity index (χ0n) is 10.7. The van der Waals surface area contributed by atoms with Gasteiger partial charge >= 0.3 is 0 Å². The second-order valence-electron chi connectivity index (χ2n) is 5.78. The number of nitrogens with two attached hydrogens (primary N) is 1. The number of likely N-dealkylation sites (tertiary alicyclic amines) is 2. The lowest BCUT2D eigenvalue weighted by molar-refractivity contribution is -0.133. The Morgan fingerprint density at radius 3 is 2.28 bits per heavy atom. The van der Waals surface area contributed by atoms with E-state index in [9.17, 15) is 9.59 Å². The number of nitrogens with zero attached hydrogens (tertiary/aromatic N) is 2. The molecular weight excluding hydrogens is 230 g/mol. The number of carbonyl (C=O) groups excluding carboxylic acids is 2. The number of carbonyl (C=O) groups is 2. The molecule has 0 radical (unpaired) electrons. The first-order valence-corrected chi connectivity index (χ1v) is 7.00. The first-order chi connectivity index (χ1) is 8.66. The standard InChI is InChI=1S/C13H21N3O2/c14-12(17)9-3-6-15(7-4-9)11-5-8-16(13(11)18)10-1-2-10/h9-11H,1-8H2,(H2,14,17). The molecule has 2 saturated heterocycles. The van der Waals surface area contributed by atoms with Gasteiger partial charge in [0, 0.05) is 18.5 Å². The molecule has 18 heavy (non-hydrogen) atoms. The van der Waals surface area contributed by atoms with Crippen LogP contribution in [-0.2, 0) is 9.59 Å². The van der Waals surface area contributed by atoms with Crippen molar-refractivity contribution in [2.24, 2.45) is 11.7 Å². The molecule has 5 nitrogen and oxygen atoms in total. The summed E-state index contributed by atoms with van der Waals surface area (Å²) in [6.07, 6.45) is 4.94. The van der Waals surface area contributed by atoms with Crippen molar-refractivity contribution in [3.05, 3.63) is 0 Å². The predicted octanol–water partition coefficient (Wildman–Crippen LogP) is -0.0530. The van der Waals surface area contributed by atoms with Crippen molar-refractivity contribution in [1.82, 2.24) is 9.80 Å². The topological polar surface area (TPSA) is 66.6 Å². The monoisotopic (exact) mass is 251 g/mol. The van der Waals surface area contributed by atoms with Crippen LogP contribution in [0.3, 0.4) is 0 Å². The van der Waals surface area contributed by atoms with Gasteiger partial charge in [0.2, 0.25) is 11.8 Å². The highest BCUT2D eigenvalue weighted by Crippen LogP contribution is 2.33. The van der Waals surface area contributed by atoms with E-state index in [-0.39, 0.29) is 17.9 Å². The summed E-state index contributed by atoms with van der Waals surface area (Å²) in [5.41, 5.74) is 5.33. The summed E-state index contributed by atoms with van der Waals surface area (Å²) >= 11 is 0. The van der Waals surface area contributed by atoms with Crippen LogP contribution in [0.25, 0.3) is 0 Å². The Kier molecular flexibility index (Phi) is 3.01. The van der Waals surface area contributed by atoms with Gasteiger partial charge in [-0.2, -0.15) is 0 Å². The number of rotatable bonds is 3. The second-order valence-corrected chi connectivity index (χ2v) is 5.78. The summed E-state index contributed by atoms with van der Waals surface area (Å²) in [7, 11) is 0. The Morgan fingerprint density at radius 2 is 1.72 bits per heavy atom. The van der Waals surface area contributed by atoms with Gasteiger partial charge in [-0.1, -0.05) is 0 Å². The van der Waals surface area contributed by atoms with Crippen LogP contribution in [0, 0.1) is 5.92 Å². The molecule has 5 heteroatoms. The van der Waals surface area contributed by atoms with E-state index < -0.39 is 0 Å². The average molecular weight is 251 g/mol. The van der Waals surface area contributed by atoms with Gasteiger partial charge in [0.25, 0.3) is 0 Å². The SMILES string of the molecule is NC(=O)C1CCN(C2CCN(C3CC3)C2=O)CC1. The van der Waals surface area contributed by atoms with Gasteiger partial charge in [0.05, 0.1) is 6.04 Å². The van der Waals surface area contributed by atoms with Gasteiger partial charge in [0.15, 0.2) is 0 Å². The summed E-state index contributed by atoms with van der Waals surface area (Å²) in [5, 5.41) is 0. The Labute approximate surface area is 107 Å². The van der Waals surface area contributed by atoms with Crippen molar-refractivity contribution in [3.63, 3.8) is 0 Å². The van der Waals surface area contributed by atoms with E-state index in [0.717, 1.165) is 38.9 Å². The number of piperidine rings is 1. The number of primary amides is 1. The van der Waals surface area contributed by atoms with Crippen LogP contribution in [-0.4, -0.2) is 53.3 Å². The molecule has 1 saturated carbocycles. The molecule has 0 aromatic carbocycles. The van der Waals surface area contributed by atoms with Crippen molar-refractivity contribution >= 4 is 11.8 Å². The van der Waals surface area contributed by atoms with E-state index >= 15 is 0 Å². The lowest BCUT2D eigenvalue weighted by atomic mass is 9.95. The van der Waals surface area contributed by atoms with Crippen LogP contribution >= 0.6 is 0 Å². The van der Waals surface area contributed by atoms with Gasteiger partial charge in [-0.25, -0.2) is 0 Å². The molecular formula is C13H21N3O2. The number of hydrogen-bond acceptors (Lipinski definition) is 3. The Morgan fingerprint density at radius 1 is 1.06 bits per heavy atom. The molecule has 1 unspecified atom stereocenters. The van der Waals surface area contributed by atoms with Crippen molar-refractivity contribution < 1.29 is 9.59 Å². The largest absolute Gasteiger partial charge is 0.369 e. The highest BCUT2D eigenvalue weighted by molar-refractivity contribution is 5.84. The minimum absolute atomic E-state index is 0.0114. The van der Waals surface area contributed by atoms with Crippen LogP contribution in [0.15, 0.2) is 0 Å². The summed E-state index contributed by atoms with van der Waals surface area (Å²) in [6.45, 7) is 2.59. The van der Waals surface area contributed by atoms with E-state index in [1.54, 1.807) is 0 Å². The molecule has 0 aromatic rings. The molecule has 1 atom stereocenters. The van der Waals surface area contributed by atoms with Crippen molar-refractivity contribution in [1.29, 1.82) is 0 Å². The quantitative estimate of drug-likeness (QED) is 0.764. The summed E-state index contributed by atoms with van der Waals surface area (Å²) in [4.78, 5) is 27.7. The van der Waals surface area contributed by atoms with Crippen LogP contribution in [0.2, 0.25) is 0 Å². The highest BCUT2D eigenvalue weighted by atomic mass is 16.2. The summed E-state index contributed by atoms with van der Waals surface area (Å²) < 4.78 is 0. The Hall–Kier alpha value is -1.10. The van der Waals surface area contributed by atoms with Gasteiger partial charge in [-0.15, -0.1) is 0 Å². The lowest BCUT2D eigenvalue weighted by Gasteiger charge is -2.34. The molecule has 2 N–H and O–H groups in total. The highest BCUT2D eigenvalue weighted by Gasteiger charge is 2.43. The summed E-state index contributed by atoms with van der Waals surface area (Å²) in [5.74, 6) is 0.138. The van der Waals surface area contributed by atoms with Gasteiger partial charge < -0.3 is 10.6 Å². The fourth-order valence-corrected chi connectivity index (χ4v) is 3.27. The Bertz CT molecular complexity index is 359. The maximum absolute atomic E-state index is 12.3. The molecule has 0 bridgehead atoms. The van der Waals surface area contributed by atoms with Crippen molar-refractivity contribution in [3.8, 4) is 0 Å². The third-order valence-corrected chi connectivity index (χ3v) is 4.57. The van der Waals surface area contributed by atoms with E-state index in [2.05, 4.69) is 9.80 Å². The van der Waals surface area contributed by atoms with Crippen molar-refractivity contribution in [2.75, 3.05) is 19.6 Å². The zero-order chi connectivity index (χ0) is 12.7. The summed E-state index contributed by atoms with van der Waals surface area (Å²) in [6, 6.07) is 0.602. The molecule has 3 fully saturated rings. The number of hydrogen-bond donors (Lipinski definition) is 1. The fourth-order valence-electron chi connectivity index (χ4n) is 3.27. The van der Waals surface area contributed by atoms with E-state index in [0.29, 0.717) is 11.9 Å². The van der Waals surface area contributed by atoms with Gasteiger partial charge in [-0.05, 0) is 45.2 Å². The Balaban J connectivity index is 1.57. The molecule has 0 spiro atoms. The van der Waals surface area contributed by atoms with E-state index in [1.165, 1.54) is 12.8 Å². The van der Waals surface area contributed by atoms with Crippen LogP contribution in [0.1, 0.15) is 32.1 Å². The molecule has 0 aromatic heterocycles. The van der Waals surface area contributed by atoms with Gasteiger partial charge in [0.1, 0.15) is 0 Å². The molecule has 2 heterocycles. The first kappa shape index (κ1) is 12.0. The first-order valence-electron chi connectivity index (χ1n) is 7.00. The van der Waals surface area contributed by atoms with E-state index in [4.69, 9.17) is 5.73 Å². The molecule has 2 aliphatic heterocycles. The third kappa shape index (κ3) is 2.11. The van der Waals surface area contributed by atoms with Crippen LogP contribution in [0.4, 0.5) is 0 Å². The zero-order valence-corrected chi connectivity index (χ0v) is 10.7. The number of amides is 2. The second kappa shape index (κ2) is 4.53. The maximum Gasteiger partial charge on any atom is 0.240 e. The average Bonchev–Trinajstić information content (AvgIpc) is 3.13. The fraction of sp³-hybridized carbons (Fsp3) is 0.846. The minimum atomic E-state index is -0.188. The van der Waals surface area contributed by atoms with Crippen LogP contribution < -0.4 is 5.73 Å². The lowest BCUT2D eigenvalue weighted by Crippen LogP contribution is -2.47. The smallest absolute Gasteiger partial charge is 0.240 e. The molecule has 3 rings (SSSR count). The third-order valence-electron chi connectivity index (χ3n) is 4.57. The van der Waals surface area contributed by atoms with Crippen LogP contribution in [0.5, 0.6) is 0 Å². The van der Waals surface area contributed by atoms with E-state index in [1.807, 2.05) is 0 Å². The molecule has 2 amide bonds. The minimum Gasteiger partial charge on any atom is -0.369 e. The molecule has 3 aliphatic rings. The maximum atomic E-state index is 12.3. The predicted molar refractivity (Wildman–Crippen MR) is 66.6 cm³/mol.